The number of Topliss-reactive ketones (excluding diaryl/α,β-unsaturated/α-hetero) is 1. The average molecular weight is 417 g/mol. The molecule has 0 bridgehead atoms. The van der Waals surface area contributed by atoms with E-state index in [1.807, 2.05) is 13.0 Å². The molecule has 0 saturated carbocycles. The number of aryl methyl sites for hydroxylation is 1. The number of carbonyl (C=O) groups is 2. The first-order valence-corrected chi connectivity index (χ1v) is 9.68. The molecule has 1 heterocycles. The normalized spacial score (nSPS) is 17.8. The smallest absolute Gasteiger partial charge is 0.300 e. The summed E-state index contributed by atoms with van der Waals surface area (Å²) in [7, 11) is 1.52. The van der Waals surface area contributed by atoms with Gasteiger partial charge in [-0.15, -0.1) is 0 Å². The molecule has 0 aromatic heterocycles. The maximum absolute atomic E-state index is 13.4. The summed E-state index contributed by atoms with van der Waals surface area (Å²) in [6, 6.07) is 18.5. The minimum atomic E-state index is -0.873. The number of aliphatic hydroxyl groups excluding tert-OH is 1. The van der Waals surface area contributed by atoms with Crippen LogP contribution in [0.25, 0.3) is 5.76 Å². The van der Waals surface area contributed by atoms with Gasteiger partial charge in [-0.1, -0.05) is 24.3 Å². The molecule has 1 aliphatic heterocycles. The molecule has 31 heavy (non-hydrogen) atoms. The van der Waals surface area contributed by atoms with Gasteiger partial charge in [-0.2, -0.15) is 0 Å². The molecular formula is C25H20FNO4. The van der Waals surface area contributed by atoms with Crippen LogP contribution in [-0.2, 0) is 9.59 Å². The molecule has 0 aliphatic carbocycles. The molecule has 1 unspecified atom stereocenters. The van der Waals surface area contributed by atoms with Gasteiger partial charge >= 0.3 is 0 Å². The zero-order valence-electron chi connectivity index (χ0n) is 17.0. The van der Waals surface area contributed by atoms with Crippen LogP contribution in [0.5, 0.6) is 5.75 Å². The van der Waals surface area contributed by atoms with Gasteiger partial charge in [0.05, 0.1) is 18.7 Å². The largest absolute Gasteiger partial charge is 0.507 e. The van der Waals surface area contributed by atoms with E-state index in [-0.39, 0.29) is 16.9 Å². The molecule has 0 radical (unpaired) electrons. The number of methoxy groups -OCH3 is 1. The van der Waals surface area contributed by atoms with E-state index in [4.69, 9.17) is 4.74 Å². The van der Waals surface area contributed by atoms with Crippen molar-refractivity contribution in [3.63, 3.8) is 0 Å². The Morgan fingerprint density at radius 2 is 1.71 bits per heavy atom. The van der Waals surface area contributed by atoms with Crippen LogP contribution in [0.1, 0.15) is 22.7 Å². The Kier molecular flexibility index (Phi) is 5.29. The van der Waals surface area contributed by atoms with Crippen molar-refractivity contribution < 1.29 is 23.8 Å². The minimum absolute atomic E-state index is 0.0635. The van der Waals surface area contributed by atoms with Gasteiger partial charge in [0.15, 0.2) is 0 Å². The lowest BCUT2D eigenvalue weighted by Gasteiger charge is -2.26. The average Bonchev–Trinajstić information content (AvgIpc) is 3.04. The summed E-state index contributed by atoms with van der Waals surface area (Å²) in [6.45, 7) is 1.89. The molecule has 1 aliphatic rings. The van der Waals surface area contributed by atoms with E-state index in [2.05, 4.69) is 0 Å². The summed E-state index contributed by atoms with van der Waals surface area (Å²) < 4.78 is 18.7. The molecule has 3 aromatic rings. The topological polar surface area (TPSA) is 66.8 Å². The number of hydrogen-bond acceptors (Lipinski definition) is 4. The van der Waals surface area contributed by atoms with Crippen LogP contribution in [0.15, 0.2) is 78.4 Å². The Morgan fingerprint density at radius 3 is 2.39 bits per heavy atom. The first-order valence-electron chi connectivity index (χ1n) is 9.68. The monoisotopic (exact) mass is 417 g/mol. The summed E-state index contributed by atoms with van der Waals surface area (Å²) in [5, 5.41) is 11.0. The lowest BCUT2D eigenvalue weighted by molar-refractivity contribution is -0.132. The maximum atomic E-state index is 13.4. The van der Waals surface area contributed by atoms with Crippen molar-refractivity contribution in [2.75, 3.05) is 12.0 Å². The van der Waals surface area contributed by atoms with Gasteiger partial charge in [0, 0.05) is 11.3 Å². The Hall–Kier alpha value is -3.93. The van der Waals surface area contributed by atoms with Crippen molar-refractivity contribution in [1.82, 2.24) is 0 Å². The van der Waals surface area contributed by atoms with Gasteiger partial charge in [0.1, 0.15) is 17.3 Å². The Balaban J connectivity index is 1.96. The molecule has 156 valence electrons. The molecular weight excluding hydrogens is 397 g/mol. The lowest BCUT2D eigenvalue weighted by atomic mass is 9.95. The lowest BCUT2D eigenvalue weighted by Crippen LogP contribution is -2.29. The van der Waals surface area contributed by atoms with Crippen LogP contribution >= 0.6 is 0 Å². The predicted molar refractivity (Wildman–Crippen MR) is 115 cm³/mol. The van der Waals surface area contributed by atoms with E-state index in [0.29, 0.717) is 17.0 Å². The van der Waals surface area contributed by atoms with E-state index in [1.165, 1.54) is 36.3 Å². The van der Waals surface area contributed by atoms with Crippen LogP contribution in [0, 0.1) is 12.7 Å². The summed E-state index contributed by atoms with van der Waals surface area (Å²) >= 11 is 0. The number of carbonyl (C=O) groups excluding carboxylic acids is 2. The fourth-order valence-corrected chi connectivity index (χ4v) is 3.77. The quantitative estimate of drug-likeness (QED) is 0.377. The van der Waals surface area contributed by atoms with Crippen molar-refractivity contribution in [1.29, 1.82) is 0 Å². The molecule has 3 aromatic carbocycles. The molecule has 6 heteroatoms. The van der Waals surface area contributed by atoms with E-state index in [0.717, 1.165) is 5.56 Å². The third kappa shape index (κ3) is 3.68. The SMILES string of the molecule is COc1cccc(C2/C(=C(\O)c3ccc(F)cc3)C(=O)C(=O)N2c2cccc(C)c2)c1. The summed E-state index contributed by atoms with van der Waals surface area (Å²) in [5.41, 5.74) is 2.24. The standard InChI is InChI=1S/C25H20FNO4/c1-15-5-3-7-19(13-15)27-22(17-6-4-8-20(14-17)31-2)21(24(29)25(27)30)23(28)16-9-11-18(26)12-10-16/h3-14,22,28H,1-2H3/b23-21+. The Morgan fingerprint density at radius 1 is 1.00 bits per heavy atom. The second-order valence-corrected chi connectivity index (χ2v) is 7.29. The number of ether oxygens (including phenoxy) is 1. The highest BCUT2D eigenvalue weighted by molar-refractivity contribution is 6.51. The van der Waals surface area contributed by atoms with Crippen molar-refractivity contribution >= 4 is 23.1 Å². The van der Waals surface area contributed by atoms with E-state index < -0.39 is 23.5 Å². The number of halogens is 1. The maximum Gasteiger partial charge on any atom is 0.300 e. The van der Waals surface area contributed by atoms with Gasteiger partial charge in [0.2, 0.25) is 0 Å². The molecule has 1 N–H and O–H groups in total. The van der Waals surface area contributed by atoms with Gasteiger partial charge in [0.25, 0.3) is 11.7 Å². The van der Waals surface area contributed by atoms with Crippen LogP contribution in [0.4, 0.5) is 10.1 Å². The molecule has 1 fully saturated rings. The van der Waals surface area contributed by atoms with Crippen molar-refractivity contribution in [3.8, 4) is 5.75 Å². The van der Waals surface area contributed by atoms with Gasteiger partial charge < -0.3 is 9.84 Å². The highest BCUT2D eigenvalue weighted by Crippen LogP contribution is 2.42. The third-order valence-corrected chi connectivity index (χ3v) is 5.25. The number of benzene rings is 3. The van der Waals surface area contributed by atoms with E-state index >= 15 is 0 Å². The number of anilines is 1. The second kappa shape index (κ2) is 8.07. The van der Waals surface area contributed by atoms with Crippen molar-refractivity contribution in [2.24, 2.45) is 0 Å². The second-order valence-electron chi connectivity index (χ2n) is 7.29. The predicted octanol–water partition coefficient (Wildman–Crippen LogP) is 4.77. The fraction of sp³-hybridized carbons (Fsp3) is 0.120. The van der Waals surface area contributed by atoms with E-state index in [9.17, 15) is 19.1 Å². The highest BCUT2D eigenvalue weighted by Gasteiger charge is 2.47. The molecule has 1 saturated heterocycles. The summed E-state index contributed by atoms with van der Waals surface area (Å²) in [6.07, 6.45) is 0. The van der Waals surface area contributed by atoms with Crippen LogP contribution in [0.3, 0.4) is 0 Å². The summed E-state index contributed by atoms with van der Waals surface area (Å²) in [4.78, 5) is 27.5. The number of nitrogens with zero attached hydrogens (tertiary/aromatic N) is 1. The first kappa shape index (κ1) is 20.3. The van der Waals surface area contributed by atoms with Crippen LogP contribution in [-0.4, -0.2) is 23.9 Å². The van der Waals surface area contributed by atoms with Crippen LogP contribution < -0.4 is 9.64 Å². The molecule has 4 rings (SSSR count). The number of ketones is 1. The zero-order valence-corrected chi connectivity index (χ0v) is 17.0. The van der Waals surface area contributed by atoms with Crippen LogP contribution in [0.2, 0.25) is 0 Å². The number of hydrogen-bond donors (Lipinski definition) is 1. The zero-order chi connectivity index (χ0) is 22.1. The van der Waals surface area contributed by atoms with Gasteiger partial charge in [-0.3, -0.25) is 14.5 Å². The Bertz CT molecular complexity index is 1200. The first-order chi connectivity index (χ1) is 14.9. The highest BCUT2D eigenvalue weighted by atomic mass is 19.1. The fourth-order valence-electron chi connectivity index (χ4n) is 3.77. The van der Waals surface area contributed by atoms with E-state index in [1.54, 1.807) is 42.5 Å². The summed E-state index contributed by atoms with van der Waals surface area (Å²) in [5.74, 6) is -1.84. The molecule has 0 spiro atoms. The number of aliphatic hydroxyl groups is 1. The third-order valence-electron chi connectivity index (χ3n) is 5.25. The van der Waals surface area contributed by atoms with Gasteiger partial charge in [-0.25, -0.2) is 4.39 Å². The molecule has 1 amide bonds. The molecule has 1 atom stereocenters. The molecule has 5 nitrogen and oxygen atoms in total. The Labute approximate surface area is 179 Å². The van der Waals surface area contributed by atoms with Crippen molar-refractivity contribution in [3.05, 3.63) is 101 Å². The van der Waals surface area contributed by atoms with Gasteiger partial charge in [-0.05, 0) is 66.6 Å². The number of rotatable bonds is 4. The van der Waals surface area contributed by atoms with Crippen molar-refractivity contribution in [2.45, 2.75) is 13.0 Å². The minimum Gasteiger partial charge on any atom is -0.507 e. The number of amides is 1.